The van der Waals surface area contributed by atoms with Gasteiger partial charge in [0.25, 0.3) is 0 Å². The SMILES string of the molecule is C=CC(C)c1ccc(OC(C)(C)CC)cc1. The lowest BCUT2D eigenvalue weighted by Gasteiger charge is -2.25. The molecule has 0 heterocycles. The van der Waals surface area contributed by atoms with E-state index in [-0.39, 0.29) is 5.60 Å². The monoisotopic (exact) mass is 218 g/mol. The van der Waals surface area contributed by atoms with Gasteiger partial charge in [-0.1, -0.05) is 32.1 Å². The first kappa shape index (κ1) is 12.8. The Kier molecular flexibility index (Phi) is 4.17. The van der Waals surface area contributed by atoms with E-state index in [1.807, 2.05) is 18.2 Å². The highest BCUT2D eigenvalue weighted by Gasteiger charge is 2.16. The molecule has 88 valence electrons. The van der Waals surface area contributed by atoms with E-state index in [9.17, 15) is 0 Å². The number of rotatable bonds is 5. The van der Waals surface area contributed by atoms with Crippen LogP contribution in [0.15, 0.2) is 36.9 Å². The van der Waals surface area contributed by atoms with Crippen LogP contribution in [-0.2, 0) is 0 Å². The lowest BCUT2D eigenvalue weighted by atomic mass is 10.0. The third-order valence-corrected chi connectivity index (χ3v) is 3.01. The zero-order valence-electron chi connectivity index (χ0n) is 10.8. The van der Waals surface area contributed by atoms with Crippen LogP contribution in [0.25, 0.3) is 0 Å². The van der Waals surface area contributed by atoms with Crippen molar-refractivity contribution in [3.63, 3.8) is 0 Å². The Balaban J connectivity index is 2.75. The van der Waals surface area contributed by atoms with Crippen LogP contribution >= 0.6 is 0 Å². The Hall–Kier alpha value is -1.24. The number of allylic oxidation sites excluding steroid dienone is 1. The molecule has 0 saturated carbocycles. The molecule has 0 aliphatic rings. The van der Waals surface area contributed by atoms with Crippen molar-refractivity contribution in [2.45, 2.75) is 45.6 Å². The summed E-state index contributed by atoms with van der Waals surface area (Å²) in [5.41, 5.74) is 1.18. The van der Waals surface area contributed by atoms with Gasteiger partial charge >= 0.3 is 0 Å². The molecule has 0 saturated heterocycles. The van der Waals surface area contributed by atoms with Crippen molar-refractivity contribution in [3.8, 4) is 5.75 Å². The summed E-state index contributed by atoms with van der Waals surface area (Å²) in [5.74, 6) is 1.33. The first-order chi connectivity index (χ1) is 7.48. The number of ether oxygens (including phenoxy) is 1. The van der Waals surface area contributed by atoms with Crippen molar-refractivity contribution >= 4 is 0 Å². The fraction of sp³-hybridized carbons (Fsp3) is 0.467. The molecule has 1 rings (SSSR count). The van der Waals surface area contributed by atoms with Gasteiger partial charge in [0.2, 0.25) is 0 Å². The first-order valence-corrected chi connectivity index (χ1v) is 5.90. The number of hydrogen-bond acceptors (Lipinski definition) is 1. The molecule has 0 aliphatic heterocycles. The van der Waals surface area contributed by atoms with Gasteiger partial charge in [-0.25, -0.2) is 0 Å². The molecule has 1 atom stereocenters. The molecule has 0 aromatic heterocycles. The van der Waals surface area contributed by atoms with Crippen LogP contribution in [0.5, 0.6) is 5.75 Å². The molecule has 0 amide bonds. The molecule has 0 aliphatic carbocycles. The van der Waals surface area contributed by atoms with Crippen molar-refractivity contribution in [2.24, 2.45) is 0 Å². The van der Waals surface area contributed by atoms with Crippen LogP contribution in [-0.4, -0.2) is 5.60 Å². The summed E-state index contributed by atoms with van der Waals surface area (Å²) < 4.78 is 5.89. The zero-order valence-corrected chi connectivity index (χ0v) is 10.8. The van der Waals surface area contributed by atoms with E-state index in [2.05, 4.69) is 46.4 Å². The molecule has 1 aromatic rings. The molecule has 1 aromatic carbocycles. The Labute approximate surface area is 99.1 Å². The van der Waals surface area contributed by atoms with Gasteiger partial charge in [0.1, 0.15) is 11.4 Å². The minimum atomic E-state index is -0.0917. The van der Waals surface area contributed by atoms with Crippen LogP contribution in [0.4, 0.5) is 0 Å². The highest BCUT2D eigenvalue weighted by atomic mass is 16.5. The summed E-state index contributed by atoms with van der Waals surface area (Å²) in [4.78, 5) is 0. The highest BCUT2D eigenvalue weighted by Crippen LogP contribution is 2.24. The van der Waals surface area contributed by atoms with Gasteiger partial charge < -0.3 is 4.74 Å². The summed E-state index contributed by atoms with van der Waals surface area (Å²) in [5, 5.41) is 0. The van der Waals surface area contributed by atoms with E-state index in [0.29, 0.717) is 5.92 Å². The maximum atomic E-state index is 5.89. The van der Waals surface area contributed by atoms with Crippen molar-refractivity contribution in [3.05, 3.63) is 42.5 Å². The van der Waals surface area contributed by atoms with Gasteiger partial charge in [-0.05, 0) is 43.9 Å². The Morgan fingerprint density at radius 1 is 1.31 bits per heavy atom. The van der Waals surface area contributed by atoms with Crippen molar-refractivity contribution in [1.82, 2.24) is 0 Å². The molecule has 1 nitrogen and oxygen atoms in total. The summed E-state index contributed by atoms with van der Waals surface area (Å²) in [6.45, 7) is 12.3. The molecule has 0 radical (unpaired) electrons. The van der Waals surface area contributed by atoms with E-state index in [1.54, 1.807) is 0 Å². The van der Waals surface area contributed by atoms with E-state index in [4.69, 9.17) is 4.74 Å². The third-order valence-electron chi connectivity index (χ3n) is 3.01. The van der Waals surface area contributed by atoms with Crippen molar-refractivity contribution in [2.75, 3.05) is 0 Å². The van der Waals surface area contributed by atoms with E-state index in [1.165, 1.54) is 5.56 Å². The number of hydrogen-bond donors (Lipinski definition) is 0. The van der Waals surface area contributed by atoms with E-state index in [0.717, 1.165) is 12.2 Å². The van der Waals surface area contributed by atoms with Crippen LogP contribution in [0.3, 0.4) is 0 Å². The predicted molar refractivity (Wildman–Crippen MR) is 70.1 cm³/mol. The Morgan fingerprint density at radius 3 is 2.31 bits per heavy atom. The smallest absolute Gasteiger partial charge is 0.120 e. The maximum absolute atomic E-state index is 5.89. The molecule has 16 heavy (non-hydrogen) atoms. The molecule has 1 unspecified atom stereocenters. The van der Waals surface area contributed by atoms with Crippen molar-refractivity contribution in [1.29, 1.82) is 0 Å². The normalized spacial score (nSPS) is 13.2. The lowest BCUT2D eigenvalue weighted by Crippen LogP contribution is -2.26. The quantitative estimate of drug-likeness (QED) is 0.659. The maximum Gasteiger partial charge on any atom is 0.120 e. The van der Waals surface area contributed by atoms with Gasteiger partial charge in [-0.15, -0.1) is 6.58 Å². The molecule has 0 bridgehead atoms. The second kappa shape index (κ2) is 5.20. The first-order valence-electron chi connectivity index (χ1n) is 5.90. The fourth-order valence-electron chi connectivity index (χ4n) is 1.37. The average Bonchev–Trinajstić information content (AvgIpc) is 2.28. The minimum absolute atomic E-state index is 0.0917. The van der Waals surface area contributed by atoms with Crippen molar-refractivity contribution < 1.29 is 4.74 Å². The second-order valence-corrected chi connectivity index (χ2v) is 4.81. The molecular formula is C15H22O. The van der Waals surface area contributed by atoms with Gasteiger partial charge in [0, 0.05) is 0 Å². The largest absolute Gasteiger partial charge is 0.488 e. The average molecular weight is 218 g/mol. The topological polar surface area (TPSA) is 9.23 Å². The standard InChI is InChI=1S/C15H22O/c1-6-12(3)13-8-10-14(11-9-13)16-15(4,5)7-2/h6,8-12H,1,7H2,2-5H3. The van der Waals surface area contributed by atoms with Crippen LogP contribution in [0, 0.1) is 0 Å². The Bertz CT molecular complexity index is 335. The summed E-state index contributed by atoms with van der Waals surface area (Å²) in [7, 11) is 0. The van der Waals surface area contributed by atoms with Gasteiger partial charge in [0.15, 0.2) is 0 Å². The lowest BCUT2D eigenvalue weighted by molar-refractivity contribution is 0.105. The van der Waals surface area contributed by atoms with Gasteiger partial charge in [-0.3, -0.25) is 0 Å². The van der Waals surface area contributed by atoms with Crippen LogP contribution in [0.1, 0.15) is 45.6 Å². The van der Waals surface area contributed by atoms with Gasteiger partial charge in [-0.2, -0.15) is 0 Å². The highest BCUT2D eigenvalue weighted by molar-refractivity contribution is 5.31. The summed E-state index contributed by atoms with van der Waals surface area (Å²) >= 11 is 0. The summed E-state index contributed by atoms with van der Waals surface area (Å²) in [6.07, 6.45) is 2.95. The fourth-order valence-corrected chi connectivity index (χ4v) is 1.37. The van der Waals surface area contributed by atoms with Gasteiger partial charge in [0.05, 0.1) is 0 Å². The number of benzene rings is 1. The van der Waals surface area contributed by atoms with E-state index >= 15 is 0 Å². The minimum Gasteiger partial charge on any atom is -0.488 e. The second-order valence-electron chi connectivity index (χ2n) is 4.81. The predicted octanol–water partition coefficient (Wildman–Crippen LogP) is 4.54. The third kappa shape index (κ3) is 3.41. The molecule has 1 heteroatoms. The Morgan fingerprint density at radius 2 is 1.88 bits per heavy atom. The molecule has 0 fully saturated rings. The molecule has 0 spiro atoms. The van der Waals surface area contributed by atoms with E-state index < -0.39 is 0 Å². The molecular weight excluding hydrogens is 196 g/mol. The van der Waals surface area contributed by atoms with Crippen LogP contribution < -0.4 is 4.74 Å². The summed E-state index contributed by atoms with van der Waals surface area (Å²) in [6, 6.07) is 8.28. The zero-order chi connectivity index (χ0) is 12.2. The van der Waals surface area contributed by atoms with Crippen LogP contribution in [0.2, 0.25) is 0 Å². The molecule has 0 N–H and O–H groups in total.